The zero-order valence-corrected chi connectivity index (χ0v) is 13.2. The number of anilines is 1. The number of rotatable bonds is 3. The Morgan fingerprint density at radius 3 is 2.61 bits per heavy atom. The lowest BCUT2D eigenvalue weighted by Crippen LogP contribution is -2.23. The fourth-order valence-electron chi connectivity index (χ4n) is 3.73. The van der Waals surface area contributed by atoms with E-state index in [1.807, 2.05) is 18.2 Å². The van der Waals surface area contributed by atoms with Gasteiger partial charge >= 0.3 is 0 Å². The molecule has 118 valence electrons. The predicted octanol–water partition coefficient (Wildman–Crippen LogP) is 3.74. The molecule has 0 spiro atoms. The van der Waals surface area contributed by atoms with Crippen molar-refractivity contribution in [2.45, 2.75) is 50.5 Å². The van der Waals surface area contributed by atoms with E-state index in [1.165, 1.54) is 31.2 Å². The number of nitrogens with zero attached hydrogens (tertiary/aromatic N) is 2. The minimum absolute atomic E-state index is 0.160. The van der Waals surface area contributed by atoms with Crippen molar-refractivity contribution in [2.75, 3.05) is 5.32 Å². The Hall–Kier alpha value is -2.23. The van der Waals surface area contributed by atoms with E-state index in [-0.39, 0.29) is 11.7 Å². The predicted molar refractivity (Wildman–Crippen MR) is 89.7 cm³/mol. The molecule has 0 bridgehead atoms. The molecule has 2 aromatic rings. The third-order valence-corrected chi connectivity index (χ3v) is 5.00. The Morgan fingerprint density at radius 2 is 1.83 bits per heavy atom. The molecule has 0 aliphatic heterocycles. The minimum atomic E-state index is 0.160. The van der Waals surface area contributed by atoms with Crippen molar-refractivity contribution in [3.05, 3.63) is 53.3 Å². The van der Waals surface area contributed by atoms with Crippen LogP contribution in [0.25, 0.3) is 0 Å². The fourth-order valence-corrected chi connectivity index (χ4v) is 3.73. The Labute approximate surface area is 136 Å². The van der Waals surface area contributed by atoms with E-state index in [9.17, 15) is 4.79 Å². The summed E-state index contributed by atoms with van der Waals surface area (Å²) in [6.45, 7) is 0. The number of benzene rings is 1. The monoisotopic (exact) mass is 307 g/mol. The van der Waals surface area contributed by atoms with Crippen LogP contribution in [0.15, 0.2) is 36.5 Å². The molecule has 0 saturated heterocycles. The molecule has 4 rings (SSSR count). The Kier molecular flexibility index (Phi) is 3.82. The first kappa shape index (κ1) is 14.4. The van der Waals surface area contributed by atoms with Gasteiger partial charge in [-0.3, -0.25) is 4.79 Å². The van der Waals surface area contributed by atoms with Crippen LogP contribution in [0.4, 0.5) is 5.95 Å². The SMILES string of the molecule is O=C1C[C@H](c2ccccc2)Cc2nc(NC3CCCC3)ncc21. The third-order valence-electron chi connectivity index (χ3n) is 5.00. The average Bonchev–Trinajstić information content (AvgIpc) is 3.08. The second-order valence-corrected chi connectivity index (χ2v) is 6.62. The number of Topliss-reactive ketones (excluding diaryl/α,β-unsaturated/α-hetero) is 1. The van der Waals surface area contributed by atoms with Crippen LogP contribution in [-0.4, -0.2) is 21.8 Å². The molecule has 4 heteroatoms. The number of aromatic nitrogens is 2. The molecule has 0 amide bonds. The maximum Gasteiger partial charge on any atom is 0.223 e. The van der Waals surface area contributed by atoms with E-state index in [0.717, 1.165) is 12.1 Å². The molecule has 0 unspecified atom stereocenters. The molecular formula is C19H21N3O. The highest BCUT2D eigenvalue weighted by atomic mass is 16.1. The highest BCUT2D eigenvalue weighted by Crippen LogP contribution is 2.32. The molecule has 2 aliphatic carbocycles. The summed E-state index contributed by atoms with van der Waals surface area (Å²) in [4.78, 5) is 21.4. The third kappa shape index (κ3) is 2.98. The molecule has 1 heterocycles. The molecule has 1 N–H and O–H groups in total. The first-order chi connectivity index (χ1) is 11.3. The van der Waals surface area contributed by atoms with Crippen molar-refractivity contribution in [1.29, 1.82) is 0 Å². The number of ketones is 1. The summed E-state index contributed by atoms with van der Waals surface area (Å²) in [5, 5.41) is 3.43. The lowest BCUT2D eigenvalue weighted by molar-refractivity contribution is 0.0962. The average molecular weight is 307 g/mol. The van der Waals surface area contributed by atoms with E-state index in [0.29, 0.717) is 24.0 Å². The van der Waals surface area contributed by atoms with Crippen molar-refractivity contribution < 1.29 is 4.79 Å². The molecule has 23 heavy (non-hydrogen) atoms. The molecule has 2 aliphatic rings. The molecule has 1 aromatic carbocycles. The summed E-state index contributed by atoms with van der Waals surface area (Å²) in [5.41, 5.74) is 2.81. The van der Waals surface area contributed by atoms with Crippen molar-refractivity contribution in [2.24, 2.45) is 0 Å². The maximum absolute atomic E-state index is 12.4. The van der Waals surface area contributed by atoms with Gasteiger partial charge in [-0.15, -0.1) is 0 Å². The molecular weight excluding hydrogens is 286 g/mol. The van der Waals surface area contributed by atoms with Crippen LogP contribution in [-0.2, 0) is 6.42 Å². The van der Waals surface area contributed by atoms with E-state index >= 15 is 0 Å². The number of nitrogens with one attached hydrogen (secondary N) is 1. The van der Waals surface area contributed by atoms with Gasteiger partial charge in [-0.05, 0) is 30.7 Å². The summed E-state index contributed by atoms with van der Waals surface area (Å²) < 4.78 is 0. The number of carbonyl (C=O) groups excluding carboxylic acids is 1. The zero-order chi connectivity index (χ0) is 15.6. The second kappa shape index (κ2) is 6.11. The van der Waals surface area contributed by atoms with Crippen LogP contribution >= 0.6 is 0 Å². The van der Waals surface area contributed by atoms with Crippen LogP contribution in [0.5, 0.6) is 0 Å². The molecule has 4 nitrogen and oxygen atoms in total. The molecule has 1 atom stereocenters. The van der Waals surface area contributed by atoms with Crippen LogP contribution in [0.1, 0.15) is 59.6 Å². The normalized spacial score (nSPS) is 21.2. The van der Waals surface area contributed by atoms with E-state index in [4.69, 9.17) is 0 Å². The van der Waals surface area contributed by atoms with E-state index < -0.39 is 0 Å². The molecule has 1 saturated carbocycles. The van der Waals surface area contributed by atoms with Crippen LogP contribution in [0.2, 0.25) is 0 Å². The summed E-state index contributed by atoms with van der Waals surface area (Å²) in [7, 11) is 0. The Bertz CT molecular complexity index is 708. The smallest absolute Gasteiger partial charge is 0.223 e. The molecule has 0 radical (unpaired) electrons. The number of hydrogen-bond donors (Lipinski definition) is 1. The highest BCUT2D eigenvalue weighted by molar-refractivity contribution is 5.98. The van der Waals surface area contributed by atoms with Gasteiger partial charge in [-0.1, -0.05) is 43.2 Å². The van der Waals surface area contributed by atoms with Crippen molar-refractivity contribution in [3.63, 3.8) is 0 Å². The second-order valence-electron chi connectivity index (χ2n) is 6.62. The number of carbonyl (C=O) groups is 1. The van der Waals surface area contributed by atoms with Gasteiger partial charge in [0.1, 0.15) is 0 Å². The quantitative estimate of drug-likeness (QED) is 0.938. The van der Waals surface area contributed by atoms with Crippen molar-refractivity contribution in [1.82, 2.24) is 9.97 Å². The van der Waals surface area contributed by atoms with Gasteiger partial charge in [0, 0.05) is 18.7 Å². The molecule has 1 fully saturated rings. The lowest BCUT2D eigenvalue weighted by Gasteiger charge is -2.23. The summed E-state index contributed by atoms with van der Waals surface area (Å²) in [5.74, 6) is 1.06. The van der Waals surface area contributed by atoms with E-state index in [1.54, 1.807) is 6.20 Å². The number of fused-ring (bicyclic) bond motifs is 1. The van der Waals surface area contributed by atoms with Gasteiger partial charge in [0.15, 0.2) is 5.78 Å². The van der Waals surface area contributed by atoms with Crippen LogP contribution in [0.3, 0.4) is 0 Å². The van der Waals surface area contributed by atoms with Gasteiger partial charge in [-0.2, -0.15) is 0 Å². The van der Waals surface area contributed by atoms with Crippen molar-refractivity contribution >= 4 is 11.7 Å². The zero-order valence-electron chi connectivity index (χ0n) is 13.2. The minimum Gasteiger partial charge on any atom is -0.351 e. The standard InChI is InChI=1S/C19H21N3O/c23-18-11-14(13-6-2-1-3-7-13)10-17-16(18)12-20-19(22-17)21-15-8-4-5-9-15/h1-3,6-7,12,14-15H,4-5,8-11H2,(H,20,21,22)/t14-/m1/s1. The lowest BCUT2D eigenvalue weighted by atomic mass is 9.82. The Morgan fingerprint density at radius 1 is 1.04 bits per heavy atom. The number of hydrogen-bond acceptors (Lipinski definition) is 4. The maximum atomic E-state index is 12.4. The summed E-state index contributed by atoms with van der Waals surface area (Å²) >= 11 is 0. The largest absolute Gasteiger partial charge is 0.351 e. The van der Waals surface area contributed by atoms with Gasteiger partial charge in [0.2, 0.25) is 5.95 Å². The van der Waals surface area contributed by atoms with Crippen LogP contribution in [0, 0.1) is 0 Å². The van der Waals surface area contributed by atoms with Gasteiger partial charge < -0.3 is 5.32 Å². The first-order valence-electron chi connectivity index (χ1n) is 8.50. The van der Waals surface area contributed by atoms with Gasteiger partial charge in [0.05, 0.1) is 11.3 Å². The molecule has 1 aromatic heterocycles. The highest BCUT2D eigenvalue weighted by Gasteiger charge is 2.28. The van der Waals surface area contributed by atoms with Gasteiger partial charge in [0.25, 0.3) is 0 Å². The fraction of sp³-hybridized carbons (Fsp3) is 0.421. The first-order valence-corrected chi connectivity index (χ1v) is 8.50. The van der Waals surface area contributed by atoms with Crippen LogP contribution < -0.4 is 5.32 Å². The Balaban J connectivity index is 1.58. The topological polar surface area (TPSA) is 54.9 Å². The van der Waals surface area contributed by atoms with Gasteiger partial charge in [-0.25, -0.2) is 9.97 Å². The van der Waals surface area contributed by atoms with Crippen molar-refractivity contribution in [3.8, 4) is 0 Å². The summed E-state index contributed by atoms with van der Waals surface area (Å²) in [6, 6.07) is 10.7. The summed E-state index contributed by atoms with van der Waals surface area (Å²) in [6.07, 6.45) is 8.00. The van der Waals surface area contributed by atoms with E-state index in [2.05, 4.69) is 27.4 Å².